The first-order valence-corrected chi connectivity index (χ1v) is 13.3. The van der Waals surface area contributed by atoms with Crippen molar-refractivity contribution in [3.05, 3.63) is 76.9 Å². The fraction of sp³-hybridized carbons (Fsp3) is 0.231. The van der Waals surface area contributed by atoms with Crippen LogP contribution < -0.4 is 15.5 Å². The van der Waals surface area contributed by atoms with Gasteiger partial charge in [-0.25, -0.2) is 0 Å². The quantitative estimate of drug-likeness (QED) is 0.317. The Morgan fingerprint density at radius 2 is 1.81 bits per heavy atom. The van der Waals surface area contributed by atoms with Crippen molar-refractivity contribution in [3.63, 3.8) is 0 Å². The number of hydrogen-bond acceptors (Lipinski definition) is 6. The molecule has 37 heavy (non-hydrogen) atoms. The number of anilines is 1. The number of imide groups is 1. The molecule has 2 aliphatic rings. The van der Waals surface area contributed by atoms with Crippen LogP contribution in [0.4, 0.5) is 5.69 Å². The number of nitrogens with zero attached hydrogens (tertiary/aromatic N) is 1. The first-order chi connectivity index (χ1) is 17.6. The Labute approximate surface area is 212 Å². The molecule has 1 saturated heterocycles. The van der Waals surface area contributed by atoms with Gasteiger partial charge in [-0.3, -0.25) is 33.9 Å². The number of carbonyl (C=O) groups excluding carboxylic acids is 4. The molecule has 0 radical (unpaired) electrons. The van der Waals surface area contributed by atoms with Crippen LogP contribution in [-0.4, -0.2) is 54.9 Å². The molecule has 5 rings (SSSR count). The predicted octanol–water partition coefficient (Wildman–Crippen LogP) is 1.81. The third kappa shape index (κ3) is 4.83. The number of rotatable bonds is 7. The van der Waals surface area contributed by atoms with Gasteiger partial charge in [-0.2, -0.15) is 8.42 Å². The van der Waals surface area contributed by atoms with Gasteiger partial charge in [-0.1, -0.05) is 30.3 Å². The fourth-order valence-corrected chi connectivity index (χ4v) is 5.21. The molecule has 10 nitrogen and oxygen atoms in total. The normalized spacial score (nSPS) is 17.3. The van der Waals surface area contributed by atoms with Crippen molar-refractivity contribution in [1.29, 1.82) is 0 Å². The van der Waals surface area contributed by atoms with Crippen LogP contribution in [0.2, 0.25) is 0 Å². The zero-order valence-corrected chi connectivity index (χ0v) is 20.4. The van der Waals surface area contributed by atoms with Gasteiger partial charge in [-0.05, 0) is 53.6 Å². The molecular formula is C26H23N3O7S. The fourth-order valence-electron chi connectivity index (χ4n) is 4.85. The van der Waals surface area contributed by atoms with Gasteiger partial charge in [0, 0.05) is 29.5 Å². The molecule has 0 aromatic heterocycles. The lowest BCUT2D eigenvalue weighted by Gasteiger charge is -2.30. The zero-order valence-electron chi connectivity index (χ0n) is 19.6. The maximum atomic E-state index is 13.3. The van der Waals surface area contributed by atoms with Crippen LogP contribution in [0.1, 0.15) is 44.7 Å². The summed E-state index contributed by atoms with van der Waals surface area (Å²) in [4.78, 5) is 51.1. The highest BCUT2D eigenvalue weighted by Crippen LogP contribution is 2.41. The van der Waals surface area contributed by atoms with Gasteiger partial charge in [0.05, 0.1) is 11.4 Å². The van der Waals surface area contributed by atoms with Crippen molar-refractivity contribution in [2.45, 2.75) is 25.3 Å². The highest BCUT2D eigenvalue weighted by molar-refractivity contribution is 7.85. The number of amides is 4. The smallest absolute Gasteiger partial charge is 0.266 e. The molecule has 0 spiro atoms. The summed E-state index contributed by atoms with van der Waals surface area (Å²) in [6.45, 7) is -0.200. The minimum absolute atomic E-state index is 0.173. The van der Waals surface area contributed by atoms with E-state index < -0.39 is 33.7 Å². The summed E-state index contributed by atoms with van der Waals surface area (Å²) in [5.41, 5.74) is 3.39. The lowest BCUT2D eigenvalue weighted by Crippen LogP contribution is -2.53. The maximum absolute atomic E-state index is 13.3. The average Bonchev–Trinajstić information content (AvgIpc) is 3.13. The first-order valence-electron chi connectivity index (χ1n) is 11.7. The van der Waals surface area contributed by atoms with Crippen LogP contribution in [-0.2, 0) is 26.1 Å². The largest absolute Gasteiger partial charge is 0.351 e. The van der Waals surface area contributed by atoms with E-state index >= 15 is 0 Å². The van der Waals surface area contributed by atoms with Gasteiger partial charge < -0.3 is 5.32 Å². The molecule has 0 bridgehead atoms. The van der Waals surface area contributed by atoms with Crippen LogP contribution in [0.25, 0.3) is 10.8 Å². The third-order valence-corrected chi connectivity index (χ3v) is 7.32. The molecule has 0 saturated carbocycles. The van der Waals surface area contributed by atoms with Gasteiger partial charge in [0.25, 0.3) is 21.9 Å². The molecule has 190 valence electrons. The highest BCUT2D eigenvalue weighted by Gasteiger charge is 2.40. The van der Waals surface area contributed by atoms with E-state index in [9.17, 15) is 27.6 Å². The molecule has 2 aliphatic heterocycles. The number of carbonyl (C=O) groups is 4. The van der Waals surface area contributed by atoms with E-state index in [2.05, 4.69) is 10.6 Å². The molecule has 0 unspecified atom stereocenters. The van der Waals surface area contributed by atoms with Crippen molar-refractivity contribution < 1.29 is 32.1 Å². The van der Waals surface area contributed by atoms with Gasteiger partial charge in [0.2, 0.25) is 11.8 Å². The second kappa shape index (κ2) is 9.41. The predicted molar refractivity (Wildman–Crippen MR) is 135 cm³/mol. The molecule has 0 aliphatic carbocycles. The van der Waals surface area contributed by atoms with E-state index in [0.29, 0.717) is 23.2 Å². The van der Waals surface area contributed by atoms with E-state index in [4.69, 9.17) is 4.55 Å². The number of nitrogens with one attached hydrogen (secondary N) is 2. The molecule has 4 amide bonds. The zero-order chi connectivity index (χ0) is 26.3. The van der Waals surface area contributed by atoms with E-state index in [1.807, 2.05) is 18.2 Å². The van der Waals surface area contributed by atoms with Crippen LogP contribution in [0, 0.1) is 0 Å². The van der Waals surface area contributed by atoms with Crippen LogP contribution in [0.3, 0.4) is 0 Å². The van der Waals surface area contributed by atoms with Crippen LogP contribution >= 0.6 is 0 Å². The Bertz CT molecular complexity index is 1570. The second-order valence-electron chi connectivity index (χ2n) is 9.03. The summed E-state index contributed by atoms with van der Waals surface area (Å²) in [5, 5.41) is 6.42. The Morgan fingerprint density at radius 3 is 2.51 bits per heavy atom. The summed E-state index contributed by atoms with van der Waals surface area (Å²) < 4.78 is 30.4. The summed E-state index contributed by atoms with van der Waals surface area (Å²) in [6.07, 6.45) is 0.965. The molecule has 3 aromatic carbocycles. The Kier molecular flexibility index (Phi) is 6.26. The SMILES string of the molecule is O=C1CC[C@@H](N2C(=O)c3cccc4c(Cc5ccc(C(=O)NCCS(=O)(=O)O)cc5)ccc2c34)C(=O)N1. The molecule has 2 heterocycles. The standard InChI is InChI=1S/C26H23N3O7S/c30-22-11-10-21(25(32)28-22)29-20-9-8-17(18-2-1-3-19(23(18)20)26(29)33)14-15-4-6-16(7-5-15)24(31)27-12-13-37(34,35)36/h1-9,21H,10-14H2,(H,27,31)(H,28,30,32)(H,34,35,36)/t21-/m1/s1. The monoisotopic (exact) mass is 521 g/mol. The summed E-state index contributed by atoms with van der Waals surface area (Å²) in [7, 11) is -4.15. The first kappa shape index (κ1) is 24.6. The Morgan fingerprint density at radius 1 is 1.05 bits per heavy atom. The Hall–Kier alpha value is -4.09. The molecule has 11 heteroatoms. The van der Waals surface area contributed by atoms with Crippen LogP contribution in [0.15, 0.2) is 54.6 Å². The van der Waals surface area contributed by atoms with Crippen molar-refractivity contribution in [2.75, 3.05) is 17.2 Å². The molecule has 1 fully saturated rings. The molecule has 1 atom stereocenters. The maximum Gasteiger partial charge on any atom is 0.266 e. The van der Waals surface area contributed by atoms with E-state index in [1.165, 1.54) is 4.90 Å². The highest BCUT2D eigenvalue weighted by atomic mass is 32.2. The molecule has 3 aromatic rings. The summed E-state index contributed by atoms with van der Waals surface area (Å²) in [5.74, 6) is -2.10. The number of hydrogen-bond donors (Lipinski definition) is 3. The van der Waals surface area contributed by atoms with Gasteiger partial charge >= 0.3 is 0 Å². The van der Waals surface area contributed by atoms with Gasteiger partial charge in [-0.15, -0.1) is 0 Å². The summed E-state index contributed by atoms with van der Waals surface area (Å²) in [6, 6.07) is 15.3. The topological polar surface area (TPSA) is 150 Å². The number of piperidine rings is 1. The lowest BCUT2D eigenvalue weighted by atomic mass is 9.95. The number of benzene rings is 3. The van der Waals surface area contributed by atoms with Crippen molar-refractivity contribution in [2.24, 2.45) is 0 Å². The third-order valence-electron chi connectivity index (χ3n) is 6.60. The van der Waals surface area contributed by atoms with Crippen molar-refractivity contribution in [3.8, 4) is 0 Å². The van der Waals surface area contributed by atoms with E-state index in [-0.39, 0.29) is 31.2 Å². The van der Waals surface area contributed by atoms with E-state index in [0.717, 1.165) is 21.9 Å². The van der Waals surface area contributed by atoms with Crippen molar-refractivity contribution >= 4 is 50.2 Å². The van der Waals surface area contributed by atoms with Gasteiger partial charge in [0.15, 0.2) is 0 Å². The van der Waals surface area contributed by atoms with Crippen molar-refractivity contribution in [1.82, 2.24) is 10.6 Å². The average molecular weight is 522 g/mol. The lowest BCUT2D eigenvalue weighted by molar-refractivity contribution is -0.134. The minimum atomic E-state index is -4.15. The van der Waals surface area contributed by atoms with Crippen LogP contribution in [0.5, 0.6) is 0 Å². The second-order valence-corrected chi connectivity index (χ2v) is 10.6. The molecular weight excluding hydrogens is 498 g/mol. The summed E-state index contributed by atoms with van der Waals surface area (Å²) >= 11 is 0. The van der Waals surface area contributed by atoms with E-state index in [1.54, 1.807) is 36.4 Å². The molecule has 3 N–H and O–H groups in total. The minimum Gasteiger partial charge on any atom is -0.351 e. The Balaban J connectivity index is 1.38. The van der Waals surface area contributed by atoms with Gasteiger partial charge in [0.1, 0.15) is 6.04 Å².